The molecular formula is C15H29N3. The van der Waals surface area contributed by atoms with E-state index in [1.165, 1.54) is 84.3 Å². The lowest BCUT2D eigenvalue weighted by Crippen LogP contribution is -2.45. The average Bonchev–Trinajstić information content (AvgIpc) is 3.09. The van der Waals surface area contributed by atoms with Gasteiger partial charge in [-0.1, -0.05) is 0 Å². The fourth-order valence-electron chi connectivity index (χ4n) is 4.15. The third kappa shape index (κ3) is 3.06. The standard InChI is InChI=1S/C15H29N3/c1-2-9-17(8-1)11-12-18-10-4-6-15(18)14-5-3-7-16-13-14/h14-16H,1-13H2. The van der Waals surface area contributed by atoms with E-state index in [9.17, 15) is 0 Å². The summed E-state index contributed by atoms with van der Waals surface area (Å²) in [6.45, 7) is 9.21. The van der Waals surface area contributed by atoms with Gasteiger partial charge in [-0.15, -0.1) is 0 Å². The van der Waals surface area contributed by atoms with Crippen molar-refractivity contribution in [3.05, 3.63) is 0 Å². The van der Waals surface area contributed by atoms with Crippen LogP contribution in [0.15, 0.2) is 0 Å². The van der Waals surface area contributed by atoms with E-state index >= 15 is 0 Å². The smallest absolute Gasteiger partial charge is 0.0137 e. The molecule has 0 aromatic carbocycles. The first-order valence-corrected chi connectivity index (χ1v) is 8.10. The molecule has 0 aromatic rings. The Morgan fingerprint density at radius 2 is 1.78 bits per heavy atom. The van der Waals surface area contributed by atoms with Crippen molar-refractivity contribution in [2.24, 2.45) is 5.92 Å². The summed E-state index contributed by atoms with van der Waals surface area (Å²) in [6.07, 6.45) is 8.58. The van der Waals surface area contributed by atoms with E-state index in [0.29, 0.717) is 0 Å². The van der Waals surface area contributed by atoms with Crippen LogP contribution >= 0.6 is 0 Å². The minimum absolute atomic E-state index is 0.889. The van der Waals surface area contributed by atoms with Gasteiger partial charge in [-0.3, -0.25) is 4.90 Å². The minimum atomic E-state index is 0.889. The lowest BCUT2D eigenvalue weighted by molar-refractivity contribution is 0.149. The number of nitrogens with one attached hydrogen (secondary N) is 1. The second-order valence-electron chi connectivity index (χ2n) is 6.40. The molecule has 0 bridgehead atoms. The quantitative estimate of drug-likeness (QED) is 0.818. The minimum Gasteiger partial charge on any atom is -0.316 e. The normalized spacial score (nSPS) is 35.3. The van der Waals surface area contributed by atoms with Crippen molar-refractivity contribution < 1.29 is 0 Å². The zero-order valence-corrected chi connectivity index (χ0v) is 11.7. The van der Waals surface area contributed by atoms with Gasteiger partial charge in [0.05, 0.1) is 0 Å². The molecule has 3 fully saturated rings. The molecule has 2 unspecified atom stereocenters. The van der Waals surface area contributed by atoms with Gasteiger partial charge in [-0.25, -0.2) is 0 Å². The van der Waals surface area contributed by atoms with Crippen molar-refractivity contribution in [3.63, 3.8) is 0 Å². The number of hydrogen-bond donors (Lipinski definition) is 1. The Kier molecular flexibility index (Phi) is 4.55. The average molecular weight is 251 g/mol. The number of piperidine rings is 1. The van der Waals surface area contributed by atoms with Gasteiger partial charge in [-0.2, -0.15) is 0 Å². The Morgan fingerprint density at radius 1 is 0.889 bits per heavy atom. The summed E-state index contributed by atoms with van der Waals surface area (Å²) in [4.78, 5) is 5.46. The number of nitrogens with zero attached hydrogens (tertiary/aromatic N) is 2. The zero-order valence-electron chi connectivity index (χ0n) is 11.7. The van der Waals surface area contributed by atoms with Gasteiger partial charge in [0.2, 0.25) is 0 Å². The molecule has 3 saturated heterocycles. The molecule has 0 radical (unpaired) electrons. The summed E-state index contributed by atoms with van der Waals surface area (Å²) < 4.78 is 0. The largest absolute Gasteiger partial charge is 0.316 e. The fraction of sp³-hybridized carbons (Fsp3) is 1.00. The molecule has 0 aliphatic carbocycles. The Hall–Kier alpha value is -0.120. The molecule has 0 saturated carbocycles. The topological polar surface area (TPSA) is 18.5 Å². The van der Waals surface area contributed by atoms with E-state index in [1.807, 2.05) is 0 Å². The van der Waals surface area contributed by atoms with Crippen LogP contribution in [0, 0.1) is 5.92 Å². The van der Waals surface area contributed by atoms with Crippen LogP contribution < -0.4 is 5.32 Å². The Labute approximate surface area is 112 Å². The Bertz CT molecular complexity index is 244. The summed E-state index contributed by atoms with van der Waals surface area (Å²) in [6, 6.07) is 0.889. The van der Waals surface area contributed by atoms with Crippen LogP contribution in [-0.2, 0) is 0 Å². The molecule has 3 nitrogen and oxygen atoms in total. The first-order chi connectivity index (χ1) is 8.93. The van der Waals surface area contributed by atoms with E-state index in [2.05, 4.69) is 15.1 Å². The van der Waals surface area contributed by atoms with E-state index in [0.717, 1.165) is 12.0 Å². The van der Waals surface area contributed by atoms with Crippen molar-refractivity contribution in [1.82, 2.24) is 15.1 Å². The summed E-state index contributed by atoms with van der Waals surface area (Å²) in [7, 11) is 0. The molecule has 3 heteroatoms. The highest BCUT2D eigenvalue weighted by atomic mass is 15.2. The highest BCUT2D eigenvalue weighted by Gasteiger charge is 2.32. The summed E-state index contributed by atoms with van der Waals surface area (Å²) in [5.74, 6) is 0.930. The SMILES string of the molecule is C1CNCC(C2CCCN2CCN2CCCC2)C1. The van der Waals surface area contributed by atoms with Crippen LogP contribution in [0.5, 0.6) is 0 Å². The van der Waals surface area contributed by atoms with Gasteiger partial charge in [-0.05, 0) is 77.2 Å². The monoisotopic (exact) mass is 251 g/mol. The first kappa shape index (κ1) is 12.9. The van der Waals surface area contributed by atoms with Crippen LogP contribution in [0.2, 0.25) is 0 Å². The predicted octanol–water partition coefficient (Wildman–Crippen LogP) is 1.55. The summed E-state index contributed by atoms with van der Waals surface area (Å²) >= 11 is 0. The molecular weight excluding hydrogens is 222 g/mol. The second kappa shape index (κ2) is 6.36. The Balaban J connectivity index is 1.47. The maximum Gasteiger partial charge on any atom is 0.0137 e. The molecule has 0 amide bonds. The van der Waals surface area contributed by atoms with Crippen LogP contribution in [0.3, 0.4) is 0 Å². The van der Waals surface area contributed by atoms with Crippen LogP contribution in [0.25, 0.3) is 0 Å². The van der Waals surface area contributed by atoms with Gasteiger partial charge in [0.1, 0.15) is 0 Å². The van der Waals surface area contributed by atoms with E-state index in [1.54, 1.807) is 0 Å². The molecule has 18 heavy (non-hydrogen) atoms. The summed E-state index contributed by atoms with van der Waals surface area (Å²) in [5.41, 5.74) is 0. The van der Waals surface area contributed by atoms with E-state index < -0.39 is 0 Å². The van der Waals surface area contributed by atoms with Gasteiger partial charge in [0.25, 0.3) is 0 Å². The third-order valence-corrected chi connectivity index (χ3v) is 5.20. The van der Waals surface area contributed by atoms with Crippen molar-refractivity contribution in [3.8, 4) is 0 Å². The highest BCUT2D eigenvalue weighted by Crippen LogP contribution is 2.28. The van der Waals surface area contributed by atoms with Gasteiger partial charge in [0, 0.05) is 19.1 Å². The van der Waals surface area contributed by atoms with Crippen LogP contribution in [0.4, 0.5) is 0 Å². The number of likely N-dealkylation sites (tertiary alicyclic amines) is 2. The molecule has 0 aromatic heterocycles. The highest BCUT2D eigenvalue weighted by molar-refractivity contribution is 4.88. The predicted molar refractivity (Wildman–Crippen MR) is 75.9 cm³/mol. The number of hydrogen-bond acceptors (Lipinski definition) is 3. The van der Waals surface area contributed by atoms with E-state index in [-0.39, 0.29) is 0 Å². The molecule has 2 atom stereocenters. The van der Waals surface area contributed by atoms with E-state index in [4.69, 9.17) is 0 Å². The van der Waals surface area contributed by atoms with Gasteiger partial charge >= 0.3 is 0 Å². The number of rotatable bonds is 4. The summed E-state index contributed by atoms with van der Waals surface area (Å²) in [5, 5.41) is 3.59. The Morgan fingerprint density at radius 3 is 2.56 bits per heavy atom. The maximum atomic E-state index is 3.59. The molecule has 1 N–H and O–H groups in total. The first-order valence-electron chi connectivity index (χ1n) is 8.10. The van der Waals surface area contributed by atoms with Crippen LogP contribution in [-0.4, -0.2) is 61.7 Å². The van der Waals surface area contributed by atoms with Crippen molar-refractivity contribution in [2.45, 2.75) is 44.6 Å². The maximum absolute atomic E-state index is 3.59. The fourth-order valence-corrected chi connectivity index (χ4v) is 4.15. The van der Waals surface area contributed by atoms with Gasteiger partial charge in [0.15, 0.2) is 0 Å². The molecule has 3 rings (SSSR count). The zero-order chi connectivity index (χ0) is 12.2. The van der Waals surface area contributed by atoms with Crippen LogP contribution in [0.1, 0.15) is 38.5 Å². The van der Waals surface area contributed by atoms with Crippen molar-refractivity contribution >= 4 is 0 Å². The van der Waals surface area contributed by atoms with Gasteiger partial charge < -0.3 is 10.2 Å². The third-order valence-electron chi connectivity index (χ3n) is 5.20. The van der Waals surface area contributed by atoms with Crippen molar-refractivity contribution in [2.75, 3.05) is 45.8 Å². The lowest BCUT2D eigenvalue weighted by Gasteiger charge is -2.35. The lowest BCUT2D eigenvalue weighted by atomic mass is 9.90. The van der Waals surface area contributed by atoms with Crippen molar-refractivity contribution in [1.29, 1.82) is 0 Å². The molecule has 3 heterocycles. The molecule has 3 aliphatic heterocycles. The molecule has 0 spiro atoms. The molecule has 104 valence electrons. The second-order valence-corrected chi connectivity index (χ2v) is 6.40. The molecule has 3 aliphatic rings.